The van der Waals surface area contributed by atoms with E-state index in [2.05, 4.69) is 47.3 Å². The predicted octanol–water partition coefficient (Wildman–Crippen LogP) is 26.2. The summed E-state index contributed by atoms with van der Waals surface area (Å²) < 4.78 is 93.0. The quantitative estimate of drug-likeness (QED) is 0.0407. The van der Waals surface area contributed by atoms with E-state index >= 15 is 0 Å². The first-order valence-electron chi connectivity index (χ1n) is 40.4. The molecule has 4 heterocycles. The predicted molar refractivity (Wildman–Crippen MR) is 499 cm³/mol. The number of hydrogen-bond donors (Lipinski definition) is 4. The Morgan fingerprint density at radius 3 is 1.02 bits per heavy atom. The zero-order valence-electron chi connectivity index (χ0n) is 71.7. The second-order valence-corrected chi connectivity index (χ2v) is 40.6. The van der Waals surface area contributed by atoms with Gasteiger partial charge >= 0.3 is 31.5 Å². The number of amides is 4. The van der Waals surface area contributed by atoms with Gasteiger partial charge in [-0.1, -0.05) is 142 Å². The minimum atomic E-state index is -3.44. The number of sulfonamides is 1. The molecule has 5 N–H and O–H groups in total. The van der Waals surface area contributed by atoms with Crippen LogP contribution in [-0.2, 0) is 55.4 Å². The van der Waals surface area contributed by atoms with Crippen molar-refractivity contribution >= 4 is 217 Å². The van der Waals surface area contributed by atoms with E-state index in [0.717, 1.165) is 93.3 Å². The molecule has 39 heteroatoms. The summed E-state index contributed by atoms with van der Waals surface area (Å²) in [6.45, 7) is 21.6. The number of halogens is 9. The molecule has 0 saturated heterocycles. The van der Waals surface area contributed by atoms with Gasteiger partial charge in [0.05, 0.1) is 68.0 Å². The first-order valence-corrected chi connectivity index (χ1v) is 46.1. The number of nitrogen functional groups attached to an aromatic ring is 1. The van der Waals surface area contributed by atoms with Crippen LogP contribution in [0.15, 0.2) is 144 Å². The highest BCUT2D eigenvalue weighted by atomic mass is 79.9. The van der Waals surface area contributed by atoms with Crippen LogP contribution in [0.4, 0.5) is 42.4 Å². The Balaban J connectivity index is 0.000000153. The number of benzene rings is 8. The Bertz CT molecular complexity index is 6180. The van der Waals surface area contributed by atoms with Crippen LogP contribution in [0, 0.1) is 0 Å². The van der Waals surface area contributed by atoms with E-state index in [4.69, 9.17) is 165 Å². The fraction of sp³-hybridized carbons (Fsp3) is 0.371. The van der Waals surface area contributed by atoms with Crippen molar-refractivity contribution in [3.8, 4) is 23.0 Å². The van der Waals surface area contributed by atoms with Crippen LogP contribution in [0.1, 0.15) is 191 Å². The number of imide groups is 2. The molecule has 680 valence electrons. The summed E-state index contributed by atoms with van der Waals surface area (Å²) in [4.78, 5) is 53.7. The molecule has 8 aromatic carbocycles. The van der Waals surface area contributed by atoms with Crippen molar-refractivity contribution in [3.05, 3.63) is 205 Å². The highest BCUT2D eigenvalue weighted by Gasteiger charge is 2.40. The largest absolute Gasteiger partial charge is 0.489 e. The zero-order chi connectivity index (χ0) is 93.0. The van der Waals surface area contributed by atoms with Crippen LogP contribution in [0.25, 0.3) is 43.9 Å². The van der Waals surface area contributed by atoms with Gasteiger partial charge in [0.2, 0.25) is 10.0 Å². The summed E-state index contributed by atoms with van der Waals surface area (Å²) in [5.41, 5.74) is 11.4. The minimum absolute atomic E-state index is 0.0114. The van der Waals surface area contributed by atoms with Gasteiger partial charge < -0.3 is 71.8 Å². The molecule has 12 aromatic rings. The third kappa shape index (κ3) is 27.2. The van der Waals surface area contributed by atoms with Crippen LogP contribution in [0.3, 0.4) is 0 Å². The van der Waals surface area contributed by atoms with Crippen molar-refractivity contribution in [2.45, 2.75) is 207 Å². The molecule has 128 heavy (non-hydrogen) atoms. The van der Waals surface area contributed by atoms with Gasteiger partial charge in [-0.3, -0.25) is 4.72 Å². The molecule has 16 rings (SSSR count). The number of hydrogen-bond acceptors (Lipinski definition) is 25. The Morgan fingerprint density at radius 1 is 0.422 bits per heavy atom. The molecule has 4 aromatic heterocycles. The molecule has 0 unspecified atom stereocenters. The molecule has 28 nitrogen and oxygen atoms in total. The number of carbonyl (C=O) groups excluding carboxylic acids is 4. The van der Waals surface area contributed by atoms with E-state index in [9.17, 15) is 27.6 Å². The molecular formula is C89H92BBrCl8N8O20S. The lowest BCUT2D eigenvalue weighted by atomic mass is 9.84. The van der Waals surface area contributed by atoms with Crippen molar-refractivity contribution < 1.29 is 93.6 Å². The van der Waals surface area contributed by atoms with E-state index < -0.39 is 63.9 Å². The van der Waals surface area contributed by atoms with Gasteiger partial charge in [0.15, 0.2) is 45.6 Å². The van der Waals surface area contributed by atoms with E-state index in [0.29, 0.717) is 143 Å². The molecule has 4 aliphatic carbocycles. The number of nitrogens with two attached hydrogens (primary N) is 1. The lowest BCUT2D eigenvalue weighted by Gasteiger charge is -2.27. The molecular weight excluding hydrogens is 1910 g/mol. The molecule has 4 aliphatic rings. The SMILES string of the molecule is CC(C)(C)OC(=O)N(C(=O)OC(C)(C)C)c1noc2cc(COc3ccc(Cl)c(Cl)c3)c(Br)cc12.CC(C)(C)OC(=O)N(C(=O)OC(C)(C)C)c1noc2cc(COc3ccc(Cl)c(Cl)c3)c(C3CC3)cc12.CS(=O)(=O)Nc1noc2cc(COc3ccc(Cl)c(Cl)c3)c(C3CC3)cc12.Nc1noc2cc(COc3ccc(Cl)c(Cl)c3)c(C3CC3)cc12.OB(O)C1CC1. The first-order chi connectivity index (χ1) is 60.1. The normalized spacial score (nSPS) is 13.9. The van der Waals surface area contributed by atoms with Crippen LogP contribution >= 0.6 is 109 Å². The standard InChI is InChI=1S/C27H30Cl2N2O6.C24H25BrCl2N2O6.C18H16Cl2N2O4S.C17H14Cl2N2O2.C3H7BO2/c1-26(2,3)35-24(32)31(25(33)36-27(4,5)6)23-19-13-18(15-7-8-15)16(11-22(19)37-30-23)14-34-17-9-10-20(28)21(29)12-17;1-23(2,3)33-21(30)29(22(31)34-24(4,5)6)20-15-11-16(25)13(9-19(15)35-28-20)12-32-14-7-8-17(26)18(27)10-14;1-27(23,24)22-18-14-8-13(10-2-3-10)11(6-17(14)26-21-18)9-25-12-4-5-15(19)16(20)7-12;18-14-4-3-11(6-15(14)19)22-8-10-5-16-13(17(20)21-23-16)7-12(10)9-1-2-9;5-4(6)3-1-2-3/h9-13,15H,7-8,14H2,1-6H3;7-11H,12H2,1-6H3;4-8,10H,2-3,9H2,1H3,(H,21,22);3-7,9H,1-2,8H2,(H2,20,21);3,5-6H,1-2H2. The Morgan fingerprint density at radius 2 is 0.711 bits per heavy atom. The summed E-state index contributed by atoms with van der Waals surface area (Å²) >= 11 is 51.5. The monoisotopic (exact) mass is 1990 g/mol. The smallest absolute Gasteiger partial charge is 0.454 e. The number of anilines is 4. The third-order valence-corrected chi connectivity index (χ3v) is 23.3. The topological polar surface area (TPSA) is 365 Å². The van der Waals surface area contributed by atoms with E-state index in [1.54, 1.807) is 168 Å². The van der Waals surface area contributed by atoms with Crippen LogP contribution in [0.2, 0.25) is 46.0 Å². The number of rotatable bonds is 20. The fourth-order valence-corrected chi connectivity index (χ4v) is 14.6. The van der Waals surface area contributed by atoms with Gasteiger partial charge in [0, 0.05) is 34.3 Å². The van der Waals surface area contributed by atoms with Crippen molar-refractivity contribution in [3.63, 3.8) is 0 Å². The van der Waals surface area contributed by atoms with Crippen LogP contribution in [0.5, 0.6) is 23.0 Å². The van der Waals surface area contributed by atoms with Crippen LogP contribution < -0.4 is 39.2 Å². The first kappa shape index (κ1) is 97.7. The van der Waals surface area contributed by atoms with Gasteiger partial charge in [0.1, 0.15) is 71.8 Å². The summed E-state index contributed by atoms with van der Waals surface area (Å²) in [5.74, 6) is 4.54. The van der Waals surface area contributed by atoms with Crippen molar-refractivity contribution in [1.29, 1.82) is 0 Å². The van der Waals surface area contributed by atoms with Crippen molar-refractivity contribution in [2.24, 2.45) is 0 Å². The molecule has 0 aliphatic heterocycles. The Hall–Kier alpha value is -9.35. The van der Waals surface area contributed by atoms with Gasteiger partial charge in [-0.25, -0.2) is 27.6 Å². The lowest BCUT2D eigenvalue weighted by Crippen LogP contribution is -2.44. The summed E-state index contributed by atoms with van der Waals surface area (Å²) in [6, 6.07) is 35.3. The number of ether oxygens (including phenoxy) is 8. The molecule has 4 fully saturated rings. The highest BCUT2D eigenvalue weighted by molar-refractivity contribution is 9.10. The van der Waals surface area contributed by atoms with E-state index in [1.165, 1.54) is 18.4 Å². The molecule has 0 atom stereocenters. The molecule has 0 spiro atoms. The lowest BCUT2D eigenvalue weighted by molar-refractivity contribution is 0.0406. The molecule has 0 bridgehead atoms. The molecule has 4 amide bonds. The van der Waals surface area contributed by atoms with Gasteiger partial charge in [0.25, 0.3) is 0 Å². The van der Waals surface area contributed by atoms with Gasteiger partial charge in [-0.05, 0) is 276 Å². The maximum Gasteiger partial charge on any atom is 0.454 e. The number of aromatic nitrogens is 4. The van der Waals surface area contributed by atoms with E-state index in [1.807, 2.05) is 30.3 Å². The average Bonchev–Trinajstić information content (AvgIpc) is 1.61. The second kappa shape index (κ2) is 40.6. The van der Waals surface area contributed by atoms with Gasteiger partial charge in [-0.15, -0.1) is 0 Å². The van der Waals surface area contributed by atoms with E-state index in [-0.39, 0.29) is 36.5 Å². The maximum atomic E-state index is 13.1. The summed E-state index contributed by atoms with van der Waals surface area (Å²) in [5, 5.41) is 38.2. The fourth-order valence-electron chi connectivity index (χ4n) is 12.5. The summed E-state index contributed by atoms with van der Waals surface area (Å²) in [6.07, 6.45) is 5.99. The minimum Gasteiger partial charge on any atom is -0.489 e. The zero-order valence-corrected chi connectivity index (χ0v) is 80.2. The van der Waals surface area contributed by atoms with Crippen LogP contribution in [-0.4, -0.2) is 99.2 Å². The number of carbonyl (C=O) groups is 4. The van der Waals surface area contributed by atoms with Crippen molar-refractivity contribution in [1.82, 2.24) is 20.6 Å². The number of nitrogens with zero attached hydrogens (tertiary/aromatic N) is 6. The Labute approximate surface area is 786 Å². The number of nitrogens with one attached hydrogen (secondary N) is 1. The highest BCUT2D eigenvalue weighted by Crippen LogP contribution is 2.48. The van der Waals surface area contributed by atoms with Crippen molar-refractivity contribution in [2.75, 3.05) is 26.5 Å². The third-order valence-electron chi connectivity index (χ3n) is 19.1. The molecule has 4 saturated carbocycles. The molecule has 0 radical (unpaired) electrons. The second-order valence-electron chi connectivity index (χ2n) is 34.7. The number of fused-ring (bicyclic) bond motifs is 4. The maximum absolute atomic E-state index is 13.1. The summed E-state index contributed by atoms with van der Waals surface area (Å²) in [7, 11) is -4.48. The Kier molecular flexibility index (Phi) is 31.0. The average molecular weight is 2000 g/mol. The van der Waals surface area contributed by atoms with Gasteiger partial charge in [-0.2, -0.15) is 9.80 Å².